The summed E-state index contributed by atoms with van der Waals surface area (Å²) in [7, 11) is -4.16. The summed E-state index contributed by atoms with van der Waals surface area (Å²) in [6.45, 7) is 8.14. The van der Waals surface area contributed by atoms with E-state index in [0.29, 0.717) is 6.42 Å². The van der Waals surface area contributed by atoms with Crippen molar-refractivity contribution >= 4 is 10.1 Å². The zero-order valence-corrected chi connectivity index (χ0v) is 13.6. The predicted molar refractivity (Wildman–Crippen MR) is 84.5 cm³/mol. The molecule has 0 aliphatic carbocycles. The number of benzene rings is 2. The van der Waals surface area contributed by atoms with Crippen LogP contribution in [0.4, 0.5) is 0 Å². The summed E-state index contributed by atoms with van der Waals surface area (Å²) in [5.41, 5.74) is 6.75. The van der Waals surface area contributed by atoms with Crippen LogP contribution >= 0.6 is 0 Å². The van der Waals surface area contributed by atoms with E-state index < -0.39 is 10.1 Å². The Hall–Kier alpha value is -1.65. The van der Waals surface area contributed by atoms with Gasteiger partial charge in [0.15, 0.2) is 0 Å². The number of aryl methyl sites for hydroxylation is 4. The van der Waals surface area contributed by atoms with E-state index in [-0.39, 0.29) is 4.90 Å². The van der Waals surface area contributed by atoms with Gasteiger partial charge in [0.05, 0.1) is 4.90 Å². The van der Waals surface area contributed by atoms with Crippen molar-refractivity contribution in [2.75, 3.05) is 0 Å². The summed E-state index contributed by atoms with van der Waals surface area (Å²) in [6, 6.07) is 8.98. The van der Waals surface area contributed by atoms with Gasteiger partial charge in [0.1, 0.15) is 0 Å². The number of hydrogen-bond donors (Lipinski definition) is 1. The maximum atomic E-state index is 11.3. The van der Waals surface area contributed by atoms with Crippen LogP contribution in [0, 0.1) is 27.7 Å². The normalized spacial score (nSPS) is 11.7. The van der Waals surface area contributed by atoms with Crippen LogP contribution in [0.3, 0.4) is 0 Å². The largest absolute Gasteiger partial charge is 0.294 e. The molecule has 0 saturated heterocycles. The van der Waals surface area contributed by atoms with E-state index in [1.54, 1.807) is 12.1 Å². The summed E-state index contributed by atoms with van der Waals surface area (Å²) in [4.78, 5) is -0.0504. The fourth-order valence-electron chi connectivity index (χ4n) is 2.68. The highest BCUT2D eigenvalue weighted by molar-refractivity contribution is 7.85. The molecule has 0 aliphatic heterocycles. The highest BCUT2D eigenvalue weighted by atomic mass is 32.2. The molecular formula is C17H20O3S. The van der Waals surface area contributed by atoms with E-state index in [4.69, 9.17) is 0 Å². The van der Waals surface area contributed by atoms with Crippen molar-refractivity contribution in [3.05, 3.63) is 63.7 Å². The van der Waals surface area contributed by atoms with Gasteiger partial charge in [-0.1, -0.05) is 23.8 Å². The van der Waals surface area contributed by atoms with E-state index in [0.717, 1.165) is 11.1 Å². The molecule has 0 aromatic heterocycles. The molecule has 0 atom stereocenters. The molecule has 0 spiro atoms. The molecule has 0 saturated carbocycles. The van der Waals surface area contributed by atoms with Gasteiger partial charge in [0, 0.05) is 0 Å². The summed E-state index contributed by atoms with van der Waals surface area (Å²) >= 11 is 0. The molecule has 2 aromatic carbocycles. The van der Waals surface area contributed by atoms with Crippen molar-refractivity contribution in [2.45, 2.75) is 39.0 Å². The molecule has 2 aromatic rings. The van der Waals surface area contributed by atoms with E-state index >= 15 is 0 Å². The molecule has 3 nitrogen and oxygen atoms in total. The molecule has 0 aliphatic rings. The van der Waals surface area contributed by atoms with E-state index in [9.17, 15) is 13.0 Å². The minimum absolute atomic E-state index is 0.0504. The monoisotopic (exact) mass is 304 g/mol. The number of hydrogen-bond acceptors (Lipinski definition) is 2. The molecular weight excluding hydrogens is 284 g/mol. The third kappa shape index (κ3) is 3.52. The second kappa shape index (κ2) is 5.62. The van der Waals surface area contributed by atoms with Gasteiger partial charge in [0.25, 0.3) is 10.1 Å². The first kappa shape index (κ1) is 15.7. The van der Waals surface area contributed by atoms with Crippen LogP contribution in [0.5, 0.6) is 0 Å². The third-order valence-corrected chi connectivity index (χ3v) is 4.68. The lowest BCUT2D eigenvalue weighted by atomic mass is 9.92. The Bertz CT molecular complexity index is 767. The minimum Gasteiger partial charge on any atom is -0.282 e. The van der Waals surface area contributed by atoms with Crippen molar-refractivity contribution < 1.29 is 13.0 Å². The molecule has 2 rings (SSSR count). The van der Waals surface area contributed by atoms with Crippen molar-refractivity contribution in [1.29, 1.82) is 0 Å². The van der Waals surface area contributed by atoms with Gasteiger partial charge in [0.2, 0.25) is 0 Å². The Balaban J connectivity index is 2.50. The summed E-state index contributed by atoms with van der Waals surface area (Å²) in [5.74, 6) is 0. The summed E-state index contributed by atoms with van der Waals surface area (Å²) in [6.07, 6.45) is 0.660. The third-order valence-electron chi connectivity index (χ3n) is 3.83. The second-order valence-electron chi connectivity index (χ2n) is 5.62. The Kier molecular flexibility index (Phi) is 4.21. The zero-order valence-electron chi connectivity index (χ0n) is 12.8. The van der Waals surface area contributed by atoms with Gasteiger partial charge in [-0.15, -0.1) is 0 Å². The summed E-state index contributed by atoms with van der Waals surface area (Å²) in [5, 5.41) is 0. The van der Waals surface area contributed by atoms with Gasteiger partial charge in [-0.3, -0.25) is 4.55 Å². The number of rotatable bonds is 3. The molecule has 0 unspecified atom stereocenters. The molecule has 0 amide bonds. The first-order chi connectivity index (χ1) is 9.68. The standard InChI is InChI=1S/C17H20O3S/c1-11-7-13(3)17(14(4)8-11)10-15-9-16(21(18,19)20)6-5-12(15)2/h5-9H,10H2,1-4H3,(H,18,19,20). The second-order valence-corrected chi connectivity index (χ2v) is 7.04. The van der Waals surface area contributed by atoms with Gasteiger partial charge in [-0.25, -0.2) is 0 Å². The van der Waals surface area contributed by atoms with Crippen LogP contribution in [0.25, 0.3) is 0 Å². The van der Waals surface area contributed by atoms with Crippen LogP contribution in [0.15, 0.2) is 35.2 Å². The summed E-state index contributed by atoms with van der Waals surface area (Å²) < 4.78 is 31.8. The van der Waals surface area contributed by atoms with Gasteiger partial charge < -0.3 is 0 Å². The van der Waals surface area contributed by atoms with Crippen LogP contribution in [-0.4, -0.2) is 13.0 Å². The molecule has 0 bridgehead atoms. The van der Waals surface area contributed by atoms with Crippen LogP contribution in [0.2, 0.25) is 0 Å². The Morgan fingerprint density at radius 2 is 1.48 bits per heavy atom. The average molecular weight is 304 g/mol. The van der Waals surface area contributed by atoms with Gasteiger partial charge in [-0.05, 0) is 74.1 Å². The van der Waals surface area contributed by atoms with E-state index in [1.165, 1.54) is 28.3 Å². The topological polar surface area (TPSA) is 54.4 Å². The lowest BCUT2D eigenvalue weighted by molar-refractivity contribution is 0.483. The smallest absolute Gasteiger partial charge is 0.282 e. The molecule has 0 radical (unpaired) electrons. The Labute approximate surface area is 126 Å². The molecule has 4 heteroatoms. The highest BCUT2D eigenvalue weighted by Crippen LogP contribution is 2.23. The minimum atomic E-state index is -4.16. The first-order valence-electron chi connectivity index (χ1n) is 6.82. The fourth-order valence-corrected chi connectivity index (χ4v) is 3.21. The quantitative estimate of drug-likeness (QED) is 0.878. The lowest BCUT2D eigenvalue weighted by Gasteiger charge is -2.14. The highest BCUT2D eigenvalue weighted by Gasteiger charge is 2.13. The molecule has 112 valence electrons. The molecule has 1 N–H and O–H groups in total. The zero-order chi connectivity index (χ0) is 15.8. The van der Waals surface area contributed by atoms with Gasteiger partial charge >= 0.3 is 0 Å². The SMILES string of the molecule is Cc1cc(C)c(Cc2cc(S(=O)(=O)O)ccc2C)c(C)c1. The molecule has 21 heavy (non-hydrogen) atoms. The van der Waals surface area contributed by atoms with Gasteiger partial charge in [-0.2, -0.15) is 8.42 Å². The average Bonchev–Trinajstić information content (AvgIpc) is 2.34. The maximum absolute atomic E-state index is 11.3. The first-order valence-corrected chi connectivity index (χ1v) is 8.26. The Morgan fingerprint density at radius 3 is 2.00 bits per heavy atom. The Morgan fingerprint density at radius 1 is 0.905 bits per heavy atom. The maximum Gasteiger partial charge on any atom is 0.294 e. The predicted octanol–water partition coefficient (Wildman–Crippen LogP) is 3.76. The van der Waals surface area contributed by atoms with E-state index in [1.807, 2.05) is 6.92 Å². The van der Waals surface area contributed by atoms with Crippen LogP contribution in [0.1, 0.15) is 33.4 Å². The van der Waals surface area contributed by atoms with Crippen molar-refractivity contribution in [3.63, 3.8) is 0 Å². The van der Waals surface area contributed by atoms with Crippen LogP contribution < -0.4 is 0 Å². The van der Waals surface area contributed by atoms with Crippen molar-refractivity contribution in [2.24, 2.45) is 0 Å². The lowest BCUT2D eigenvalue weighted by Crippen LogP contribution is -2.03. The van der Waals surface area contributed by atoms with E-state index in [2.05, 4.69) is 32.9 Å². The molecule has 0 heterocycles. The fraction of sp³-hybridized carbons (Fsp3) is 0.294. The van der Waals surface area contributed by atoms with Crippen molar-refractivity contribution in [1.82, 2.24) is 0 Å². The van der Waals surface area contributed by atoms with Crippen molar-refractivity contribution in [3.8, 4) is 0 Å². The molecule has 0 fully saturated rings. The van der Waals surface area contributed by atoms with Crippen LogP contribution in [-0.2, 0) is 16.5 Å².